The van der Waals surface area contributed by atoms with Crippen LogP contribution in [0.1, 0.15) is 392 Å². The number of benzene rings is 11. The van der Waals surface area contributed by atoms with Crippen LogP contribution in [0.5, 0.6) is 23.0 Å². The van der Waals surface area contributed by atoms with Crippen molar-refractivity contribution in [2.45, 2.75) is 257 Å². The number of hydrogen-bond acceptors (Lipinski definition) is 4. The summed E-state index contributed by atoms with van der Waals surface area (Å²) in [6.45, 7) is 20.9. The minimum absolute atomic E-state index is 0.00737. The van der Waals surface area contributed by atoms with Crippen LogP contribution in [0.4, 0.5) is 0 Å². The predicted octanol–water partition coefficient (Wildman–Crippen LogP) is 27.6. The molecule has 6 unspecified atom stereocenters. The molecule has 4 heteroatoms. The Labute approximate surface area is 715 Å². The van der Waals surface area contributed by atoms with E-state index < -0.39 is 0 Å². The Kier molecular flexibility index (Phi) is 21.9. The maximum absolute atomic E-state index is 6.84. The lowest BCUT2D eigenvalue weighted by Crippen LogP contribution is -2.45. The topological polar surface area (TPSA) is 36.9 Å². The molecule has 11 aromatic rings. The molecule has 0 fully saturated rings. The van der Waals surface area contributed by atoms with Gasteiger partial charge >= 0.3 is 0 Å². The first-order valence-corrected chi connectivity index (χ1v) is 47.1. The molecule has 0 aromatic heterocycles. The fraction of sp³-hybridized carbons (Fsp3) is 0.397. The fourth-order valence-corrected chi connectivity index (χ4v) is 23.9. The molecule has 608 valence electrons. The molecule has 0 saturated heterocycles. The van der Waals surface area contributed by atoms with E-state index in [2.05, 4.69) is 261 Å². The van der Waals surface area contributed by atoms with Crippen LogP contribution >= 0.6 is 0 Å². The van der Waals surface area contributed by atoms with Gasteiger partial charge < -0.3 is 18.9 Å². The van der Waals surface area contributed by atoms with E-state index >= 15 is 0 Å². The summed E-state index contributed by atoms with van der Waals surface area (Å²) in [6.07, 6.45) is 35.0. The first-order valence-electron chi connectivity index (χ1n) is 47.1. The van der Waals surface area contributed by atoms with Crippen molar-refractivity contribution in [2.24, 2.45) is 11.8 Å². The maximum atomic E-state index is 6.84. The zero-order valence-electron chi connectivity index (χ0n) is 72.5. The van der Waals surface area contributed by atoms with E-state index in [0.29, 0.717) is 0 Å². The lowest BCUT2D eigenvalue weighted by atomic mass is 9.53. The molecule has 13 aliphatic rings. The van der Waals surface area contributed by atoms with Crippen molar-refractivity contribution in [3.05, 3.63) is 336 Å². The van der Waals surface area contributed by atoms with E-state index in [4.69, 9.17) is 18.9 Å². The minimum Gasteiger partial charge on any atom is -0.494 e. The Morgan fingerprint density at radius 3 is 0.842 bits per heavy atom. The molecule has 120 heavy (non-hydrogen) atoms. The third-order valence-electron chi connectivity index (χ3n) is 29.7. The van der Waals surface area contributed by atoms with Crippen LogP contribution in [-0.4, -0.2) is 26.4 Å². The summed E-state index contributed by atoms with van der Waals surface area (Å²) in [5, 5.41) is 4.88. The Morgan fingerprint density at radius 2 is 0.525 bits per heavy atom. The van der Waals surface area contributed by atoms with Crippen LogP contribution in [-0.2, 0) is 0 Å². The summed E-state index contributed by atoms with van der Waals surface area (Å²) in [5.41, 5.74) is 38.4. The second-order valence-electron chi connectivity index (χ2n) is 37.1. The van der Waals surface area contributed by atoms with Gasteiger partial charge in [0.1, 0.15) is 23.0 Å². The van der Waals surface area contributed by atoms with E-state index in [-0.39, 0.29) is 59.2 Å². The second kappa shape index (κ2) is 33.6. The molecule has 0 N–H and O–H groups in total. The highest BCUT2D eigenvalue weighted by Gasteiger charge is 2.52. The Morgan fingerprint density at radius 1 is 0.250 bits per heavy atom. The van der Waals surface area contributed by atoms with Crippen LogP contribution in [0, 0.1) is 56.3 Å². The fourth-order valence-electron chi connectivity index (χ4n) is 23.9. The van der Waals surface area contributed by atoms with E-state index in [1.165, 1.54) is 289 Å². The highest BCUT2D eigenvalue weighted by Crippen LogP contribution is 2.66. The van der Waals surface area contributed by atoms with Crippen LogP contribution in [0.15, 0.2) is 170 Å². The summed E-state index contributed by atoms with van der Waals surface area (Å²) in [4.78, 5) is 0. The van der Waals surface area contributed by atoms with Gasteiger partial charge in [0, 0.05) is 64.0 Å². The minimum atomic E-state index is -0.0928. The molecule has 24 rings (SSSR count). The molecule has 0 saturated carbocycles. The van der Waals surface area contributed by atoms with Crippen LogP contribution in [0.25, 0.3) is 22.9 Å². The van der Waals surface area contributed by atoms with Crippen LogP contribution in [0.2, 0.25) is 0 Å². The van der Waals surface area contributed by atoms with Crippen molar-refractivity contribution in [1.82, 2.24) is 0 Å². The maximum Gasteiger partial charge on any atom is 0.119 e. The summed E-state index contributed by atoms with van der Waals surface area (Å²) >= 11 is 0. The lowest BCUT2D eigenvalue weighted by Gasteiger charge is -2.50. The molecule has 6 atom stereocenters. The molecule has 13 aliphatic carbocycles. The van der Waals surface area contributed by atoms with Crippen molar-refractivity contribution in [3.63, 3.8) is 0 Å². The summed E-state index contributed by atoms with van der Waals surface area (Å²) in [5.74, 6) is 20.3. The third kappa shape index (κ3) is 13.7. The average molecular weight is 1580 g/mol. The SMILES string of the molecule is CC#Cc1c2c(c(C#Cc3cc(C)c(C)cc3C)c3cc4c(cc13)C1c3cc5c(cc3C4c3cc4c(cc31)C1c3ccc(OCCCCCCCC)cc3C4c3ccc(OCCCCCCCC)cc31)C1c3ccc(OCCCCCCCC)cc3C5c3ccc(OCCCCCCCC)cc31)=CC1C3c4ccccc4C(c4ccccc43)C1C=2. The van der Waals surface area contributed by atoms with E-state index in [9.17, 15) is 0 Å². The third-order valence-corrected chi connectivity index (χ3v) is 29.7. The Balaban J connectivity index is 0.789. The van der Waals surface area contributed by atoms with Gasteiger partial charge in [-0.2, -0.15) is 0 Å². The van der Waals surface area contributed by atoms with Gasteiger partial charge in [-0.1, -0.05) is 289 Å². The molecule has 0 heterocycles. The van der Waals surface area contributed by atoms with Gasteiger partial charge in [-0.25, -0.2) is 0 Å². The van der Waals surface area contributed by atoms with Crippen molar-refractivity contribution in [3.8, 4) is 46.7 Å². The number of unbranched alkanes of at least 4 members (excludes halogenated alkanes) is 20. The molecule has 8 bridgehead atoms. The molecule has 0 amide bonds. The van der Waals surface area contributed by atoms with Gasteiger partial charge in [0.2, 0.25) is 0 Å². The second-order valence-corrected chi connectivity index (χ2v) is 37.1. The normalized spacial score (nSPS) is 19.9. The molecule has 11 aromatic carbocycles. The molecular weight excluding hydrogens is 1460 g/mol. The summed E-state index contributed by atoms with van der Waals surface area (Å²) < 4.78 is 27.4. The first kappa shape index (κ1) is 78.3. The molecule has 0 spiro atoms. The molecule has 0 aliphatic heterocycles. The summed E-state index contributed by atoms with van der Waals surface area (Å²) in [7, 11) is 0. The van der Waals surface area contributed by atoms with Crippen molar-refractivity contribution in [1.29, 1.82) is 0 Å². The Bertz CT molecular complexity index is 5860. The number of rotatable bonds is 32. The number of ether oxygens (including phenoxy) is 4. The molecule has 0 radical (unpaired) electrons. The average Bonchev–Trinajstić information content (AvgIpc) is 0.669. The van der Waals surface area contributed by atoms with Crippen molar-refractivity contribution >= 4 is 22.9 Å². The number of fused-ring (bicyclic) bond motifs is 2. The summed E-state index contributed by atoms with van der Waals surface area (Å²) in [6, 6.07) is 68.5. The van der Waals surface area contributed by atoms with Crippen molar-refractivity contribution in [2.75, 3.05) is 26.4 Å². The van der Waals surface area contributed by atoms with Crippen LogP contribution < -0.4 is 29.4 Å². The quantitative estimate of drug-likeness (QED) is 0.0311. The van der Waals surface area contributed by atoms with Gasteiger partial charge in [0.15, 0.2) is 0 Å². The van der Waals surface area contributed by atoms with Gasteiger partial charge in [-0.05, 0) is 292 Å². The zero-order chi connectivity index (χ0) is 81.2. The first-order chi connectivity index (χ1) is 59.1. The van der Waals surface area contributed by atoms with E-state index in [1.807, 2.05) is 0 Å². The van der Waals surface area contributed by atoms with Gasteiger partial charge in [-0.3, -0.25) is 0 Å². The highest BCUT2D eigenvalue weighted by molar-refractivity contribution is 5.97. The van der Waals surface area contributed by atoms with Gasteiger partial charge in [0.25, 0.3) is 0 Å². The standard InChI is InChI=1S/C116H120O4/c1-9-14-18-22-26-34-53-117-75-46-51-87-93(59-75)111-85-49-44-77(119-55-36-28-24-20-16-11-3)61-95(85)113(87)103-69-107-105(67-101(103)111)115-99-64-90-79(38-13-5)89-63-97-98(110-83-41-32-30-39-81(83)109(97)82-40-31-33-42-84(82)110)65-91(89)80(48-43-74-58-72(7)71(6)57-73(74)8)92(90)66-100(99)116(107)108-70-104-102(68-106(108)115)112-86-50-45-78(120-56-37-29-25-21-17-12-4)62-96(86)114(104)88-52-47-76(60-94(88)112)118-54-35-27-23-19-15-10-2/h30-33,39-42,44-47,49-52,57-70,97-98,109-116H,9-12,14-29,34-37,53-56H2,1-8H3. The highest BCUT2D eigenvalue weighted by atomic mass is 16.5. The van der Waals surface area contributed by atoms with Gasteiger partial charge in [0.05, 0.1) is 26.4 Å². The largest absolute Gasteiger partial charge is 0.494 e. The smallest absolute Gasteiger partial charge is 0.119 e. The lowest BCUT2D eigenvalue weighted by molar-refractivity contribution is 0.303. The molecule has 4 nitrogen and oxygen atoms in total. The van der Waals surface area contributed by atoms with Gasteiger partial charge in [-0.15, -0.1) is 5.92 Å². The predicted molar refractivity (Wildman–Crippen MR) is 495 cm³/mol. The van der Waals surface area contributed by atoms with Crippen molar-refractivity contribution < 1.29 is 18.9 Å². The van der Waals surface area contributed by atoms with E-state index in [1.54, 1.807) is 0 Å². The molecular formula is C116H120O4. The number of aryl methyl sites for hydroxylation is 3. The monoisotopic (exact) mass is 1580 g/mol. The van der Waals surface area contributed by atoms with Crippen LogP contribution in [0.3, 0.4) is 0 Å². The zero-order valence-corrected chi connectivity index (χ0v) is 72.5. The van der Waals surface area contributed by atoms with E-state index in [0.717, 1.165) is 91.8 Å². The Hall–Kier alpha value is -10.3. The number of hydrogen-bond donors (Lipinski definition) is 0.